The van der Waals surface area contributed by atoms with Gasteiger partial charge in [-0.1, -0.05) is 17.4 Å². The lowest BCUT2D eigenvalue weighted by atomic mass is 10.1. The molecule has 0 spiro atoms. The van der Waals surface area contributed by atoms with Crippen molar-refractivity contribution >= 4 is 32.3 Å². The molecule has 0 aliphatic heterocycles. The Morgan fingerprint density at radius 1 is 1.14 bits per heavy atom. The molecule has 0 radical (unpaired) electrons. The quantitative estimate of drug-likeness (QED) is 0.507. The first-order valence-corrected chi connectivity index (χ1v) is 9.68. The summed E-state index contributed by atoms with van der Waals surface area (Å²) < 4.78 is 2.96. The van der Waals surface area contributed by atoms with E-state index in [-0.39, 0.29) is 0 Å². The number of nitrogens with zero attached hydrogens (tertiary/aromatic N) is 7. The Kier molecular flexibility index (Phi) is 3.83. The van der Waals surface area contributed by atoms with E-state index in [4.69, 9.17) is 5.10 Å². The number of imidazole rings is 1. The Labute approximate surface area is 164 Å². The number of hydrogen-bond acceptors (Lipinski definition) is 7. The molecule has 0 aliphatic rings. The molecule has 28 heavy (non-hydrogen) atoms. The van der Waals surface area contributed by atoms with E-state index in [0.29, 0.717) is 6.42 Å². The van der Waals surface area contributed by atoms with Gasteiger partial charge < -0.3 is 9.88 Å². The van der Waals surface area contributed by atoms with Gasteiger partial charge in [0.2, 0.25) is 0 Å². The molecule has 1 aromatic carbocycles. The molecule has 1 N–H and O–H groups in total. The zero-order chi connectivity index (χ0) is 19.3. The Balaban J connectivity index is 1.51. The second-order valence-corrected chi connectivity index (χ2v) is 7.87. The summed E-state index contributed by atoms with van der Waals surface area (Å²) >= 11 is 1.68. The monoisotopic (exact) mass is 390 g/mol. The maximum atomic E-state index is 4.71. The molecule has 0 aliphatic carbocycles. The Morgan fingerprint density at radius 2 is 2.04 bits per heavy atom. The van der Waals surface area contributed by atoms with Crippen molar-refractivity contribution in [3.8, 4) is 11.4 Å². The van der Waals surface area contributed by atoms with E-state index in [1.807, 2.05) is 38.1 Å². The van der Waals surface area contributed by atoms with Crippen LogP contribution >= 0.6 is 11.3 Å². The summed E-state index contributed by atoms with van der Waals surface area (Å²) in [6.45, 7) is 1.92. The molecule has 4 aromatic heterocycles. The largest absolute Gasteiger partial charge is 0.354 e. The summed E-state index contributed by atoms with van der Waals surface area (Å²) in [5.74, 6) is 1.65. The van der Waals surface area contributed by atoms with Gasteiger partial charge in [-0.25, -0.2) is 9.97 Å². The van der Waals surface area contributed by atoms with E-state index in [9.17, 15) is 0 Å². The molecule has 0 saturated heterocycles. The molecule has 9 heteroatoms. The van der Waals surface area contributed by atoms with E-state index in [1.54, 1.807) is 22.0 Å². The SMILES string of the molecule is Cc1ncc(-c2ccc3nnc(Cc4ccc5nc(N(C)C)sc5c4)n3n2)[nH]1. The maximum absolute atomic E-state index is 4.71. The minimum Gasteiger partial charge on any atom is -0.354 e. The second-order valence-electron chi connectivity index (χ2n) is 6.86. The highest BCUT2D eigenvalue weighted by Gasteiger charge is 2.12. The normalized spacial score (nSPS) is 11.5. The van der Waals surface area contributed by atoms with E-state index in [2.05, 4.69) is 43.3 Å². The fourth-order valence-corrected chi connectivity index (χ4v) is 4.03. The average Bonchev–Trinajstić information content (AvgIpc) is 3.39. The van der Waals surface area contributed by atoms with Crippen LogP contribution in [0, 0.1) is 6.92 Å². The van der Waals surface area contributed by atoms with Gasteiger partial charge in [0.05, 0.1) is 22.1 Å². The number of rotatable bonds is 4. The van der Waals surface area contributed by atoms with Crippen molar-refractivity contribution in [1.29, 1.82) is 0 Å². The van der Waals surface area contributed by atoms with Gasteiger partial charge in [-0.2, -0.15) is 9.61 Å². The molecule has 0 bridgehead atoms. The van der Waals surface area contributed by atoms with Gasteiger partial charge in [0.25, 0.3) is 0 Å². The third-order valence-corrected chi connectivity index (χ3v) is 5.68. The van der Waals surface area contributed by atoms with Crippen molar-refractivity contribution in [1.82, 2.24) is 34.8 Å². The number of thiazole rings is 1. The molecule has 5 rings (SSSR count). The summed E-state index contributed by atoms with van der Waals surface area (Å²) in [5, 5.41) is 14.3. The van der Waals surface area contributed by atoms with Crippen LogP contribution in [0.2, 0.25) is 0 Å². The number of aryl methyl sites for hydroxylation is 1. The zero-order valence-corrected chi connectivity index (χ0v) is 16.5. The van der Waals surface area contributed by atoms with Crippen LogP contribution in [0.15, 0.2) is 36.5 Å². The van der Waals surface area contributed by atoms with Crippen LogP contribution in [-0.2, 0) is 6.42 Å². The highest BCUT2D eigenvalue weighted by Crippen LogP contribution is 2.28. The molecule has 8 nitrogen and oxygen atoms in total. The van der Waals surface area contributed by atoms with Gasteiger partial charge in [0.15, 0.2) is 16.6 Å². The highest BCUT2D eigenvalue weighted by molar-refractivity contribution is 7.22. The molecule has 4 heterocycles. The number of fused-ring (bicyclic) bond motifs is 2. The van der Waals surface area contributed by atoms with Crippen LogP contribution in [0.5, 0.6) is 0 Å². The Morgan fingerprint density at radius 3 is 2.82 bits per heavy atom. The van der Waals surface area contributed by atoms with E-state index in [1.165, 1.54) is 0 Å². The van der Waals surface area contributed by atoms with Crippen LogP contribution in [0.3, 0.4) is 0 Å². The molecule has 5 aromatic rings. The number of H-pyrrole nitrogens is 1. The van der Waals surface area contributed by atoms with Gasteiger partial charge in [0, 0.05) is 20.5 Å². The summed E-state index contributed by atoms with van der Waals surface area (Å²) in [6.07, 6.45) is 2.43. The number of hydrogen-bond donors (Lipinski definition) is 1. The summed E-state index contributed by atoms with van der Waals surface area (Å²) in [4.78, 5) is 14.1. The molecule has 0 atom stereocenters. The van der Waals surface area contributed by atoms with Crippen LogP contribution in [-0.4, -0.2) is 48.9 Å². The van der Waals surface area contributed by atoms with Gasteiger partial charge in [0.1, 0.15) is 11.5 Å². The predicted octanol–water partition coefficient (Wildman–Crippen LogP) is 3.09. The first-order valence-electron chi connectivity index (χ1n) is 8.87. The predicted molar refractivity (Wildman–Crippen MR) is 110 cm³/mol. The lowest BCUT2D eigenvalue weighted by Crippen LogP contribution is -2.07. The van der Waals surface area contributed by atoms with Gasteiger partial charge in [-0.15, -0.1) is 10.2 Å². The summed E-state index contributed by atoms with van der Waals surface area (Å²) in [5.41, 5.74) is 4.58. The van der Waals surface area contributed by atoms with Crippen molar-refractivity contribution in [2.75, 3.05) is 19.0 Å². The third kappa shape index (κ3) is 2.89. The van der Waals surface area contributed by atoms with Crippen molar-refractivity contribution in [2.24, 2.45) is 0 Å². The standard InChI is InChI=1S/C19H18N8S/c1-11-20-10-15(21-11)13-6-7-17-23-24-18(27(17)25-13)9-12-4-5-14-16(8-12)28-19(22-14)26(2)3/h4-8,10H,9H2,1-3H3,(H,20,21). The molecule has 0 fully saturated rings. The van der Waals surface area contributed by atoms with Gasteiger partial charge >= 0.3 is 0 Å². The minimum absolute atomic E-state index is 0.644. The fraction of sp³-hybridized carbons (Fsp3) is 0.211. The molecular weight excluding hydrogens is 372 g/mol. The minimum atomic E-state index is 0.644. The third-order valence-electron chi connectivity index (χ3n) is 4.49. The van der Waals surface area contributed by atoms with E-state index < -0.39 is 0 Å². The van der Waals surface area contributed by atoms with Crippen molar-refractivity contribution < 1.29 is 0 Å². The molecule has 0 saturated carbocycles. The van der Waals surface area contributed by atoms with Gasteiger partial charge in [-0.3, -0.25) is 0 Å². The van der Waals surface area contributed by atoms with Gasteiger partial charge in [-0.05, 0) is 36.8 Å². The topological polar surface area (TPSA) is 87.9 Å². The first-order chi connectivity index (χ1) is 13.6. The first kappa shape index (κ1) is 16.8. The van der Waals surface area contributed by atoms with Crippen molar-refractivity contribution in [2.45, 2.75) is 13.3 Å². The average molecular weight is 390 g/mol. The number of anilines is 1. The van der Waals surface area contributed by atoms with E-state index >= 15 is 0 Å². The van der Waals surface area contributed by atoms with Crippen molar-refractivity contribution in [3.63, 3.8) is 0 Å². The molecule has 0 unspecified atom stereocenters. The molecular formula is C19H18N8S. The van der Waals surface area contributed by atoms with E-state index in [0.717, 1.165) is 49.6 Å². The number of nitrogens with one attached hydrogen (secondary N) is 1. The van der Waals surface area contributed by atoms with Crippen LogP contribution in [0.25, 0.3) is 27.3 Å². The molecule has 140 valence electrons. The van der Waals surface area contributed by atoms with Crippen LogP contribution < -0.4 is 4.90 Å². The molecule has 0 amide bonds. The fourth-order valence-electron chi connectivity index (χ4n) is 3.08. The van der Waals surface area contributed by atoms with Crippen molar-refractivity contribution in [3.05, 3.63) is 53.7 Å². The lowest BCUT2D eigenvalue weighted by Gasteiger charge is -2.04. The summed E-state index contributed by atoms with van der Waals surface area (Å²) in [6, 6.07) is 10.2. The Bertz CT molecular complexity index is 1300. The smallest absolute Gasteiger partial charge is 0.185 e. The van der Waals surface area contributed by atoms with Crippen LogP contribution in [0.1, 0.15) is 17.2 Å². The number of aromatic nitrogens is 7. The second kappa shape index (κ2) is 6.38. The number of benzene rings is 1. The maximum Gasteiger partial charge on any atom is 0.185 e. The highest BCUT2D eigenvalue weighted by atomic mass is 32.1. The number of aromatic amines is 1. The zero-order valence-electron chi connectivity index (χ0n) is 15.7. The summed E-state index contributed by atoms with van der Waals surface area (Å²) in [7, 11) is 4.01. The lowest BCUT2D eigenvalue weighted by molar-refractivity contribution is 0.841. The Hall–Kier alpha value is -3.33. The van der Waals surface area contributed by atoms with Crippen LogP contribution in [0.4, 0.5) is 5.13 Å².